The largest absolute Gasteiger partial charge is 0.481 e. The minimum atomic E-state index is -0.670. The Morgan fingerprint density at radius 1 is 0.586 bits per heavy atom. The number of hydrogen-bond donors (Lipinski definition) is 2. The van der Waals surface area contributed by atoms with Crippen molar-refractivity contribution in [3.63, 3.8) is 0 Å². The summed E-state index contributed by atoms with van der Waals surface area (Å²) in [7, 11) is 0. The molecule has 0 aliphatic carbocycles. The molecule has 4 nitrogen and oxygen atoms in total. The van der Waals surface area contributed by atoms with Gasteiger partial charge in [0.15, 0.2) is 0 Å². The molecule has 0 heterocycles. The average molecular weight is 404 g/mol. The van der Waals surface area contributed by atoms with Crippen LogP contribution >= 0.6 is 0 Å². The maximum Gasteiger partial charge on any atom is 0.303 e. The van der Waals surface area contributed by atoms with Crippen molar-refractivity contribution in [3.8, 4) is 0 Å². The summed E-state index contributed by atoms with van der Waals surface area (Å²) < 4.78 is 0. The number of anilines is 1. The van der Waals surface area contributed by atoms with E-state index in [2.05, 4.69) is 5.32 Å². The molecule has 2 N–H and O–H groups in total. The number of carboxylic acids is 1. The van der Waals surface area contributed by atoms with Crippen molar-refractivity contribution in [3.05, 3.63) is 30.3 Å². The van der Waals surface area contributed by atoms with E-state index in [1.54, 1.807) is 0 Å². The van der Waals surface area contributed by atoms with Crippen LogP contribution in [0.4, 0.5) is 5.69 Å². The quantitative estimate of drug-likeness (QED) is 0.237. The molecule has 0 saturated carbocycles. The highest BCUT2D eigenvalue weighted by atomic mass is 16.4. The maximum absolute atomic E-state index is 11.9. The van der Waals surface area contributed by atoms with E-state index in [-0.39, 0.29) is 5.91 Å². The van der Waals surface area contributed by atoms with Gasteiger partial charge in [-0.05, 0) is 25.0 Å². The van der Waals surface area contributed by atoms with Gasteiger partial charge in [-0.3, -0.25) is 9.59 Å². The van der Waals surface area contributed by atoms with Gasteiger partial charge in [-0.2, -0.15) is 0 Å². The van der Waals surface area contributed by atoms with Gasteiger partial charge in [-0.25, -0.2) is 0 Å². The number of aliphatic carboxylic acids is 1. The molecule has 1 rings (SSSR count). The summed E-state index contributed by atoms with van der Waals surface area (Å²) in [5.41, 5.74) is 0.883. The summed E-state index contributed by atoms with van der Waals surface area (Å²) >= 11 is 0. The van der Waals surface area contributed by atoms with Gasteiger partial charge < -0.3 is 10.4 Å². The van der Waals surface area contributed by atoms with Crippen molar-refractivity contribution < 1.29 is 14.7 Å². The molecule has 1 amide bonds. The molecule has 0 spiro atoms. The van der Waals surface area contributed by atoms with Crippen molar-refractivity contribution in [2.24, 2.45) is 0 Å². The van der Waals surface area contributed by atoms with Crippen molar-refractivity contribution in [2.75, 3.05) is 5.32 Å². The zero-order chi connectivity index (χ0) is 21.0. The van der Waals surface area contributed by atoms with Crippen LogP contribution in [0.2, 0.25) is 0 Å². The smallest absolute Gasteiger partial charge is 0.303 e. The second-order valence-electron chi connectivity index (χ2n) is 8.11. The number of para-hydroxylation sites is 1. The SMILES string of the molecule is O=C(O)CCCCCCCCCCCCCCCCCC(=O)Nc1ccccc1. The fourth-order valence-electron chi connectivity index (χ4n) is 3.60. The lowest BCUT2D eigenvalue weighted by molar-refractivity contribution is -0.137. The average Bonchev–Trinajstić information content (AvgIpc) is 2.71. The molecule has 1 aromatic rings. The molecular weight excluding hydrogens is 362 g/mol. The molecule has 0 aliphatic rings. The van der Waals surface area contributed by atoms with E-state index in [1.165, 1.54) is 70.6 Å². The van der Waals surface area contributed by atoms with Crippen LogP contribution in [0.3, 0.4) is 0 Å². The Morgan fingerprint density at radius 2 is 0.966 bits per heavy atom. The summed E-state index contributed by atoms with van der Waals surface area (Å²) in [6, 6.07) is 9.66. The number of amides is 1. The molecule has 0 fully saturated rings. The summed E-state index contributed by atoms with van der Waals surface area (Å²) in [4.78, 5) is 22.3. The molecule has 0 atom stereocenters. The summed E-state index contributed by atoms with van der Waals surface area (Å²) in [6.07, 6.45) is 19.2. The fourth-order valence-corrected chi connectivity index (χ4v) is 3.60. The minimum Gasteiger partial charge on any atom is -0.481 e. The Kier molecular flexibility index (Phi) is 15.8. The lowest BCUT2D eigenvalue weighted by atomic mass is 10.0. The predicted octanol–water partition coefficient (Wildman–Crippen LogP) is 7.34. The van der Waals surface area contributed by atoms with Crippen molar-refractivity contribution in [1.82, 2.24) is 0 Å². The normalized spacial score (nSPS) is 10.8. The molecule has 0 aliphatic heterocycles. The van der Waals surface area contributed by atoms with Crippen LogP contribution in [0.25, 0.3) is 0 Å². The number of hydrogen-bond acceptors (Lipinski definition) is 2. The van der Waals surface area contributed by atoms with Crippen molar-refractivity contribution >= 4 is 17.6 Å². The fraction of sp³-hybridized carbons (Fsp3) is 0.680. The van der Waals surface area contributed by atoms with Crippen LogP contribution in [-0.4, -0.2) is 17.0 Å². The zero-order valence-corrected chi connectivity index (χ0v) is 18.2. The lowest BCUT2D eigenvalue weighted by Crippen LogP contribution is -2.10. The highest BCUT2D eigenvalue weighted by Gasteiger charge is 2.01. The monoisotopic (exact) mass is 403 g/mol. The van der Waals surface area contributed by atoms with E-state index in [9.17, 15) is 9.59 Å². The Balaban J connectivity index is 1.75. The highest BCUT2D eigenvalue weighted by molar-refractivity contribution is 5.90. The predicted molar refractivity (Wildman–Crippen MR) is 121 cm³/mol. The number of unbranched alkanes of at least 4 members (excludes halogenated alkanes) is 14. The number of benzene rings is 1. The first kappa shape index (κ1) is 25.2. The summed E-state index contributed by atoms with van der Waals surface area (Å²) in [5, 5.41) is 11.5. The van der Waals surface area contributed by atoms with Gasteiger partial charge in [0.1, 0.15) is 0 Å². The van der Waals surface area contributed by atoms with E-state index in [4.69, 9.17) is 5.11 Å². The topological polar surface area (TPSA) is 66.4 Å². The van der Waals surface area contributed by atoms with Gasteiger partial charge in [0.2, 0.25) is 5.91 Å². The summed E-state index contributed by atoms with van der Waals surface area (Å²) in [5.74, 6) is -0.548. The van der Waals surface area contributed by atoms with Crippen LogP contribution < -0.4 is 5.32 Å². The first-order valence-electron chi connectivity index (χ1n) is 11.7. The molecule has 0 bridgehead atoms. The Labute approximate surface area is 177 Å². The van der Waals surface area contributed by atoms with E-state index >= 15 is 0 Å². The number of carboxylic acid groups (broad SMARTS) is 1. The number of carbonyl (C=O) groups excluding carboxylic acids is 1. The van der Waals surface area contributed by atoms with E-state index in [1.807, 2.05) is 30.3 Å². The molecule has 0 unspecified atom stereocenters. The zero-order valence-electron chi connectivity index (χ0n) is 18.2. The Bertz CT molecular complexity index is 530. The molecule has 164 valence electrons. The van der Waals surface area contributed by atoms with Gasteiger partial charge in [-0.15, -0.1) is 0 Å². The van der Waals surface area contributed by atoms with Gasteiger partial charge in [0, 0.05) is 18.5 Å². The second kappa shape index (κ2) is 18.2. The third-order valence-corrected chi connectivity index (χ3v) is 5.35. The van der Waals surface area contributed by atoms with Gasteiger partial charge in [-0.1, -0.05) is 102 Å². The van der Waals surface area contributed by atoms with Crippen LogP contribution in [-0.2, 0) is 9.59 Å². The maximum atomic E-state index is 11.9. The van der Waals surface area contributed by atoms with E-state index < -0.39 is 5.97 Å². The highest BCUT2D eigenvalue weighted by Crippen LogP contribution is 2.14. The molecule has 1 aromatic carbocycles. The molecule has 0 aromatic heterocycles. The number of rotatable bonds is 19. The Hall–Kier alpha value is -1.84. The molecular formula is C25H41NO3. The number of carbonyl (C=O) groups is 2. The molecule has 29 heavy (non-hydrogen) atoms. The van der Waals surface area contributed by atoms with E-state index in [0.717, 1.165) is 31.4 Å². The van der Waals surface area contributed by atoms with Crippen molar-refractivity contribution in [2.45, 2.75) is 109 Å². The minimum absolute atomic E-state index is 0.122. The summed E-state index contributed by atoms with van der Waals surface area (Å²) in [6.45, 7) is 0. The van der Waals surface area contributed by atoms with Crippen LogP contribution in [0.1, 0.15) is 109 Å². The first-order chi connectivity index (χ1) is 14.2. The second-order valence-corrected chi connectivity index (χ2v) is 8.11. The van der Waals surface area contributed by atoms with Gasteiger partial charge in [0.05, 0.1) is 0 Å². The van der Waals surface area contributed by atoms with Gasteiger partial charge >= 0.3 is 5.97 Å². The van der Waals surface area contributed by atoms with Crippen LogP contribution in [0.5, 0.6) is 0 Å². The lowest BCUT2D eigenvalue weighted by Gasteiger charge is -2.05. The molecule has 4 heteroatoms. The van der Waals surface area contributed by atoms with E-state index in [0.29, 0.717) is 12.8 Å². The molecule has 0 saturated heterocycles. The van der Waals surface area contributed by atoms with Gasteiger partial charge in [0.25, 0.3) is 0 Å². The standard InChI is InChI=1S/C25H41NO3/c27-24(26-23-19-15-14-16-20-23)21-17-12-10-8-6-4-2-1-3-5-7-9-11-13-18-22-25(28)29/h14-16,19-20H,1-13,17-18,21-22H2,(H,26,27)(H,28,29). The first-order valence-corrected chi connectivity index (χ1v) is 11.7. The molecule has 0 radical (unpaired) electrons. The third-order valence-electron chi connectivity index (χ3n) is 5.35. The number of nitrogens with one attached hydrogen (secondary N) is 1. The third kappa shape index (κ3) is 16.8. The van der Waals surface area contributed by atoms with Crippen LogP contribution in [0, 0.1) is 0 Å². The van der Waals surface area contributed by atoms with Crippen LogP contribution in [0.15, 0.2) is 30.3 Å². The Morgan fingerprint density at radius 3 is 1.38 bits per heavy atom. The van der Waals surface area contributed by atoms with Crippen molar-refractivity contribution in [1.29, 1.82) is 0 Å².